The van der Waals surface area contributed by atoms with Crippen LogP contribution >= 0.6 is 11.3 Å². The molecule has 3 rings (SSSR count). The fraction of sp³-hybridized carbons (Fsp3) is 0.444. The average Bonchev–Trinajstić information content (AvgIpc) is 3.01. The predicted molar refractivity (Wildman–Crippen MR) is 94.8 cm³/mol. The molecule has 1 N–H and O–H groups in total. The first-order chi connectivity index (χ1) is 11.7. The fourth-order valence-corrected chi connectivity index (χ4v) is 3.68. The summed E-state index contributed by atoms with van der Waals surface area (Å²) < 4.78 is 5.69. The lowest BCUT2D eigenvalue weighted by Gasteiger charge is -2.27. The molecule has 6 heteroatoms. The second-order valence-corrected chi connectivity index (χ2v) is 7.39. The zero-order chi connectivity index (χ0) is 16.8. The van der Waals surface area contributed by atoms with Crippen molar-refractivity contribution >= 4 is 17.2 Å². The minimum Gasteiger partial charge on any atom is -0.375 e. The first-order valence-corrected chi connectivity index (χ1v) is 9.06. The second-order valence-electron chi connectivity index (χ2n) is 6.02. The number of carbonyl (C=O) groups excluding carboxylic acids is 1. The molecule has 24 heavy (non-hydrogen) atoms. The number of nitrogens with zero attached hydrogens (tertiary/aromatic N) is 2. The SMILES string of the molecule is Cc1ccc(CN(Cc2ccncc2)C(=O)C[C@H]2CNCCO2)s1. The first kappa shape index (κ1) is 17.1. The minimum absolute atomic E-state index is 0.0312. The van der Waals surface area contributed by atoms with E-state index in [1.54, 1.807) is 23.7 Å². The molecule has 1 aliphatic heterocycles. The highest BCUT2D eigenvalue weighted by molar-refractivity contribution is 7.11. The highest BCUT2D eigenvalue weighted by Gasteiger charge is 2.22. The molecular formula is C18H23N3O2S. The minimum atomic E-state index is -0.0312. The van der Waals surface area contributed by atoms with E-state index in [0.717, 1.165) is 18.7 Å². The van der Waals surface area contributed by atoms with Crippen molar-refractivity contribution in [3.63, 3.8) is 0 Å². The van der Waals surface area contributed by atoms with Gasteiger partial charge in [-0.05, 0) is 36.8 Å². The van der Waals surface area contributed by atoms with Crippen LogP contribution in [0.15, 0.2) is 36.7 Å². The topological polar surface area (TPSA) is 54.5 Å². The number of morpholine rings is 1. The summed E-state index contributed by atoms with van der Waals surface area (Å²) in [4.78, 5) is 21.3. The number of thiophene rings is 1. The molecule has 5 nitrogen and oxygen atoms in total. The monoisotopic (exact) mass is 345 g/mol. The van der Waals surface area contributed by atoms with Crippen LogP contribution in [-0.2, 0) is 22.6 Å². The van der Waals surface area contributed by atoms with Gasteiger partial charge in [0.25, 0.3) is 0 Å². The summed E-state index contributed by atoms with van der Waals surface area (Å²) in [5, 5.41) is 3.28. The largest absolute Gasteiger partial charge is 0.375 e. The van der Waals surface area contributed by atoms with Crippen LogP contribution in [0.25, 0.3) is 0 Å². The molecule has 2 aromatic heterocycles. The Kier molecular flexibility index (Phi) is 5.96. The summed E-state index contributed by atoms with van der Waals surface area (Å²) in [6.07, 6.45) is 3.92. The number of aromatic nitrogens is 1. The van der Waals surface area contributed by atoms with E-state index in [1.807, 2.05) is 17.0 Å². The average molecular weight is 345 g/mol. The molecule has 0 saturated carbocycles. The Morgan fingerprint density at radius 2 is 2.17 bits per heavy atom. The maximum Gasteiger partial charge on any atom is 0.225 e. The predicted octanol–water partition coefficient (Wildman–Crippen LogP) is 2.36. The number of amides is 1. The standard InChI is InChI=1S/C18H23N3O2S/c1-14-2-3-17(24-14)13-21(12-15-4-6-19-7-5-15)18(22)10-16-11-20-8-9-23-16/h2-7,16,20H,8-13H2,1H3/t16-/m0/s1. The van der Waals surface area contributed by atoms with Gasteiger partial charge in [0.1, 0.15) is 0 Å². The van der Waals surface area contributed by atoms with Crippen molar-refractivity contribution in [1.82, 2.24) is 15.2 Å². The molecule has 1 fully saturated rings. The van der Waals surface area contributed by atoms with Crippen molar-refractivity contribution in [2.24, 2.45) is 0 Å². The highest BCUT2D eigenvalue weighted by Crippen LogP contribution is 2.19. The van der Waals surface area contributed by atoms with Crippen molar-refractivity contribution < 1.29 is 9.53 Å². The van der Waals surface area contributed by atoms with Gasteiger partial charge in [0, 0.05) is 41.8 Å². The Morgan fingerprint density at radius 1 is 1.33 bits per heavy atom. The van der Waals surface area contributed by atoms with Gasteiger partial charge in [-0.3, -0.25) is 9.78 Å². The van der Waals surface area contributed by atoms with E-state index in [9.17, 15) is 4.79 Å². The molecule has 0 aromatic carbocycles. The van der Waals surface area contributed by atoms with Crippen LogP contribution < -0.4 is 5.32 Å². The zero-order valence-corrected chi connectivity index (χ0v) is 14.7. The highest BCUT2D eigenvalue weighted by atomic mass is 32.1. The van der Waals surface area contributed by atoms with Crippen LogP contribution in [0.5, 0.6) is 0 Å². The van der Waals surface area contributed by atoms with E-state index in [0.29, 0.717) is 26.1 Å². The molecule has 1 amide bonds. The number of carbonyl (C=O) groups is 1. The van der Waals surface area contributed by atoms with Crippen LogP contribution in [-0.4, -0.2) is 41.6 Å². The van der Waals surface area contributed by atoms with E-state index >= 15 is 0 Å². The molecule has 1 saturated heterocycles. The number of aryl methyl sites for hydroxylation is 1. The quantitative estimate of drug-likeness (QED) is 0.873. The summed E-state index contributed by atoms with van der Waals surface area (Å²) in [7, 11) is 0. The molecule has 1 atom stereocenters. The Balaban J connectivity index is 1.68. The van der Waals surface area contributed by atoms with E-state index in [-0.39, 0.29) is 12.0 Å². The number of ether oxygens (including phenoxy) is 1. The first-order valence-electron chi connectivity index (χ1n) is 8.25. The molecule has 0 bridgehead atoms. The summed E-state index contributed by atoms with van der Waals surface area (Å²) >= 11 is 1.74. The lowest BCUT2D eigenvalue weighted by Crippen LogP contribution is -2.42. The summed E-state index contributed by atoms with van der Waals surface area (Å²) in [6.45, 7) is 5.60. The van der Waals surface area contributed by atoms with Crippen LogP contribution in [0, 0.1) is 6.92 Å². The van der Waals surface area contributed by atoms with Crippen molar-refractivity contribution in [3.8, 4) is 0 Å². The van der Waals surface area contributed by atoms with Gasteiger partial charge < -0.3 is 15.0 Å². The summed E-state index contributed by atoms with van der Waals surface area (Å²) in [5.74, 6) is 0.131. The van der Waals surface area contributed by atoms with Crippen LogP contribution in [0.1, 0.15) is 21.7 Å². The second kappa shape index (κ2) is 8.37. The van der Waals surface area contributed by atoms with Crippen molar-refractivity contribution in [3.05, 3.63) is 52.0 Å². The molecule has 1 aliphatic rings. The third kappa shape index (κ3) is 4.87. The Labute approximate surface area is 146 Å². The fourth-order valence-electron chi connectivity index (χ4n) is 2.77. The Morgan fingerprint density at radius 3 is 2.83 bits per heavy atom. The van der Waals surface area contributed by atoms with E-state index in [2.05, 4.69) is 29.4 Å². The number of hydrogen-bond donors (Lipinski definition) is 1. The normalized spacial score (nSPS) is 17.6. The number of nitrogens with one attached hydrogen (secondary N) is 1. The van der Waals surface area contributed by atoms with Gasteiger partial charge in [0.15, 0.2) is 0 Å². The number of rotatable bonds is 6. The van der Waals surface area contributed by atoms with E-state index < -0.39 is 0 Å². The van der Waals surface area contributed by atoms with Crippen molar-refractivity contribution in [1.29, 1.82) is 0 Å². The Bertz CT molecular complexity index is 653. The molecule has 0 aliphatic carbocycles. The van der Waals surface area contributed by atoms with Crippen LogP contribution in [0.3, 0.4) is 0 Å². The lowest BCUT2D eigenvalue weighted by atomic mass is 10.1. The third-order valence-corrected chi connectivity index (χ3v) is 5.01. The molecular weight excluding hydrogens is 322 g/mol. The molecule has 0 spiro atoms. The smallest absolute Gasteiger partial charge is 0.225 e. The number of pyridine rings is 1. The van der Waals surface area contributed by atoms with Gasteiger partial charge >= 0.3 is 0 Å². The van der Waals surface area contributed by atoms with Gasteiger partial charge in [-0.1, -0.05) is 0 Å². The van der Waals surface area contributed by atoms with Crippen molar-refractivity contribution in [2.75, 3.05) is 19.7 Å². The molecule has 0 radical (unpaired) electrons. The van der Waals surface area contributed by atoms with Crippen molar-refractivity contribution in [2.45, 2.75) is 32.5 Å². The summed E-state index contributed by atoms with van der Waals surface area (Å²) in [5.41, 5.74) is 1.09. The third-order valence-electron chi connectivity index (χ3n) is 4.02. The maximum atomic E-state index is 12.8. The molecule has 3 heterocycles. The van der Waals surface area contributed by atoms with Gasteiger partial charge in [0.05, 0.1) is 25.7 Å². The molecule has 2 aromatic rings. The van der Waals surface area contributed by atoms with Gasteiger partial charge in [0.2, 0.25) is 5.91 Å². The zero-order valence-electron chi connectivity index (χ0n) is 13.9. The van der Waals surface area contributed by atoms with Gasteiger partial charge in [-0.25, -0.2) is 0 Å². The van der Waals surface area contributed by atoms with E-state index in [4.69, 9.17) is 4.74 Å². The molecule has 128 valence electrons. The van der Waals surface area contributed by atoms with Gasteiger partial charge in [-0.15, -0.1) is 11.3 Å². The lowest BCUT2D eigenvalue weighted by molar-refractivity contribution is -0.136. The summed E-state index contributed by atoms with van der Waals surface area (Å²) in [6, 6.07) is 8.12. The van der Waals surface area contributed by atoms with Gasteiger partial charge in [-0.2, -0.15) is 0 Å². The van der Waals surface area contributed by atoms with E-state index in [1.165, 1.54) is 9.75 Å². The molecule has 0 unspecified atom stereocenters. The Hall–Kier alpha value is -1.76. The number of hydrogen-bond acceptors (Lipinski definition) is 5. The van der Waals surface area contributed by atoms with Crippen LogP contribution in [0.2, 0.25) is 0 Å². The van der Waals surface area contributed by atoms with Crippen LogP contribution in [0.4, 0.5) is 0 Å². The maximum absolute atomic E-state index is 12.8.